The van der Waals surface area contributed by atoms with Crippen molar-refractivity contribution in [3.8, 4) is 17.2 Å². The molecule has 1 amide bonds. The number of nitrogens with one attached hydrogen (secondary N) is 1. The molecule has 1 atom stereocenters. The third kappa shape index (κ3) is 4.75. The molecule has 2 aromatic rings. The number of carbonyl (C=O) groups excluding carboxylic acids is 1. The molecule has 0 aromatic heterocycles. The van der Waals surface area contributed by atoms with E-state index in [0.29, 0.717) is 31.3 Å². The number of nitriles is 1. The van der Waals surface area contributed by atoms with Crippen LogP contribution in [0.2, 0.25) is 0 Å². The average Bonchev–Trinajstić information content (AvgIpc) is 3.24. The van der Waals surface area contributed by atoms with Crippen molar-refractivity contribution < 1.29 is 23.4 Å². The predicted molar refractivity (Wildman–Crippen MR) is 142 cm³/mol. The largest absolute Gasteiger partial charge is 0.378 e. The Morgan fingerprint density at radius 2 is 1.92 bits per heavy atom. The minimum atomic E-state index is -0.955. The van der Waals surface area contributed by atoms with Gasteiger partial charge in [-0.25, -0.2) is 4.39 Å². The smallest absolute Gasteiger partial charge is 0.255 e. The summed E-state index contributed by atoms with van der Waals surface area (Å²) in [7, 11) is 3.39. The van der Waals surface area contributed by atoms with Crippen LogP contribution in [0.3, 0.4) is 0 Å². The second-order valence-electron chi connectivity index (χ2n) is 11.4. The molecule has 4 aliphatic heterocycles. The maximum atomic E-state index is 15.3. The molecule has 4 aliphatic rings. The zero-order valence-electron chi connectivity index (χ0n) is 22.5. The Bertz CT molecular complexity index is 1290. The van der Waals surface area contributed by atoms with Crippen molar-refractivity contribution in [2.45, 2.75) is 49.2 Å². The summed E-state index contributed by atoms with van der Waals surface area (Å²) in [4.78, 5) is 17.2. The Morgan fingerprint density at radius 3 is 2.54 bits per heavy atom. The van der Waals surface area contributed by atoms with Crippen LogP contribution in [-0.4, -0.2) is 86.9 Å². The van der Waals surface area contributed by atoms with Gasteiger partial charge in [-0.1, -0.05) is 24.3 Å². The van der Waals surface area contributed by atoms with Crippen molar-refractivity contribution >= 4 is 5.91 Å². The van der Waals surface area contributed by atoms with E-state index in [4.69, 9.17) is 14.2 Å². The normalized spacial score (nSPS) is 22.9. The van der Waals surface area contributed by atoms with Gasteiger partial charge in [-0.05, 0) is 59.8 Å². The minimum Gasteiger partial charge on any atom is -0.378 e. The molecule has 9 heteroatoms. The number of likely N-dealkylation sites (tertiary alicyclic amines) is 2. The molecular weight excluding hydrogens is 499 g/mol. The van der Waals surface area contributed by atoms with Gasteiger partial charge in [-0.15, -0.1) is 0 Å². The lowest BCUT2D eigenvalue weighted by atomic mass is 9.82. The van der Waals surface area contributed by atoms with E-state index < -0.39 is 17.5 Å². The van der Waals surface area contributed by atoms with Crippen molar-refractivity contribution in [2.24, 2.45) is 0 Å². The Morgan fingerprint density at radius 1 is 1.21 bits per heavy atom. The molecule has 0 bridgehead atoms. The minimum absolute atomic E-state index is 0.0770. The third-order valence-electron chi connectivity index (χ3n) is 8.97. The molecule has 0 radical (unpaired) electrons. The summed E-state index contributed by atoms with van der Waals surface area (Å²) in [5.41, 5.74) is 3.29. The number of carbonyl (C=O) groups is 1. The van der Waals surface area contributed by atoms with Crippen LogP contribution in [0.4, 0.5) is 4.39 Å². The maximum absolute atomic E-state index is 15.3. The predicted octanol–water partition coefficient (Wildman–Crippen LogP) is 2.59. The quantitative estimate of drug-likeness (QED) is 0.584. The Hall–Kier alpha value is -2.87. The first-order chi connectivity index (χ1) is 18.8. The molecule has 4 heterocycles. The molecule has 206 valence electrons. The number of benzene rings is 2. The zero-order valence-corrected chi connectivity index (χ0v) is 22.5. The van der Waals surface area contributed by atoms with Gasteiger partial charge in [0.15, 0.2) is 5.60 Å². The van der Waals surface area contributed by atoms with E-state index in [1.54, 1.807) is 6.07 Å². The molecule has 2 aromatic carbocycles. The van der Waals surface area contributed by atoms with Crippen LogP contribution >= 0.6 is 0 Å². The van der Waals surface area contributed by atoms with Gasteiger partial charge in [0.25, 0.3) is 5.91 Å². The van der Waals surface area contributed by atoms with Crippen molar-refractivity contribution in [3.05, 3.63) is 58.9 Å². The number of hydrogen-bond donors (Lipinski definition) is 1. The fraction of sp³-hybridized carbons (Fsp3) is 0.533. The first-order valence-electron chi connectivity index (χ1n) is 13.7. The van der Waals surface area contributed by atoms with Crippen LogP contribution in [0.5, 0.6) is 0 Å². The zero-order chi connectivity index (χ0) is 27.2. The molecule has 0 unspecified atom stereocenters. The van der Waals surface area contributed by atoms with Gasteiger partial charge in [-0.3, -0.25) is 14.6 Å². The lowest BCUT2D eigenvalue weighted by Crippen LogP contribution is -2.69. The highest BCUT2D eigenvalue weighted by Gasteiger charge is 2.49. The Balaban J connectivity index is 1.15. The lowest BCUT2D eigenvalue weighted by Gasteiger charge is -2.45. The summed E-state index contributed by atoms with van der Waals surface area (Å²) in [6.07, 6.45) is 1.96. The van der Waals surface area contributed by atoms with Crippen molar-refractivity contribution in [2.75, 3.05) is 53.6 Å². The van der Waals surface area contributed by atoms with Crippen LogP contribution in [0.25, 0.3) is 11.1 Å². The molecule has 3 fully saturated rings. The maximum Gasteiger partial charge on any atom is 0.255 e. The summed E-state index contributed by atoms with van der Waals surface area (Å²) in [5, 5.41) is 12.4. The van der Waals surface area contributed by atoms with Gasteiger partial charge < -0.3 is 19.5 Å². The van der Waals surface area contributed by atoms with Crippen LogP contribution in [0.1, 0.15) is 29.5 Å². The average molecular weight is 535 g/mol. The van der Waals surface area contributed by atoms with Gasteiger partial charge >= 0.3 is 0 Å². The van der Waals surface area contributed by atoms with Gasteiger partial charge in [-0.2, -0.15) is 5.26 Å². The topological polar surface area (TPSA) is 87.1 Å². The molecule has 8 nitrogen and oxygen atoms in total. The molecule has 1 spiro atoms. The number of rotatable bonds is 7. The number of hydrogen-bond acceptors (Lipinski definition) is 7. The first-order valence-corrected chi connectivity index (χ1v) is 13.7. The van der Waals surface area contributed by atoms with Crippen molar-refractivity contribution in [1.29, 1.82) is 5.26 Å². The van der Waals surface area contributed by atoms with E-state index >= 15 is 4.39 Å². The van der Waals surface area contributed by atoms with Crippen molar-refractivity contribution in [1.82, 2.24) is 15.1 Å². The second kappa shape index (κ2) is 10.3. The standard InChI is InChI=1S/C30H35FN4O4/c1-34-18-30(19-34,37-2)28(36)33-24(14-32)11-22-5-3-21(13-27(22)31)20-4-6-23-15-39-29(26(23)12-20)7-9-35(10-8-29)25-16-38-17-25/h3-6,12-13,24-25H,7-11,15-19H2,1-2H3,(H,33,36)/t24-/m0/s1. The number of ether oxygens (including phenoxy) is 3. The Labute approximate surface area is 228 Å². The number of amides is 1. The molecular formula is C30H35FN4O4. The highest BCUT2D eigenvalue weighted by atomic mass is 19.1. The molecule has 1 N–H and O–H groups in total. The molecule has 0 saturated carbocycles. The first kappa shape index (κ1) is 26.4. The Kier molecular flexibility index (Phi) is 6.94. The van der Waals surface area contributed by atoms with E-state index in [0.717, 1.165) is 50.3 Å². The summed E-state index contributed by atoms with van der Waals surface area (Å²) in [6.45, 7) is 5.14. The van der Waals surface area contributed by atoms with Crippen LogP contribution < -0.4 is 5.32 Å². The van der Waals surface area contributed by atoms with Crippen molar-refractivity contribution in [3.63, 3.8) is 0 Å². The molecule has 0 aliphatic carbocycles. The highest BCUT2D eigenvalue weighted by Crippen LogP contribution is 2.46. The fourth-order valence-electron chi connectivity index (χ4n) is 6.42. The molecule has 6 rings (SSSR count). The van der Waals surface area contributed by atoms with E-state index in [1.807, 2.05) is 24.1 Å². The van der Waals surface area contributed by atoms with Gasteiger partial charge in [0.05, 0.1) is 37.5 Å². The van der Waals surface area contributed by atoms with Crippen LogP contribution in [0.15, 0.2) is 36.4 Å². The number of likely N-dealkylation sites (N-methyl/N-ethyl adjacent to an activating group) is 1. The van der Waals surface area contributed by atoms with E-state index in [-0.39, 0.29) is 17.9 Å². The van der Waals surface area contributed by atoms with Gasteiger partial charge in [0, 0.05) is 39.7 Å². The molecule has 3 saturated heterocycles. The van der Waals surface area contributed by atoms with E-state index in [9.17, 15) is 10.1 Å². The monoisotopic (exact) mass is 534 g/mol. The SMILES string of the molecule is COC1(C(=O)N[C@H](C#N)Cc2ccc(-c3ccc4c(c3)C3(CCN(C5COC5)CC3)OC4)cc2F)CN(C)C1. The van der Waals surface area contributed by atoms with E-state index in [1.165, 1.54) is 24.3 Å². The number of methoxy groups -OCH3 is 1. The number of fused-ring (bicyclic) bond motifs is 2. The van der Waals surface area contributed by atoms with E-state index in [2.05, 4.69) is 28.4 Å². The summed E-state index contributed by atoms with van der Waals surface area (Å²) in [5.74, 6) is -0.734. The van der Waals surface area contributed by atoms with Gasteiger partial charge in [0.2, 0.25) is 0 Å². The highest BCUT2D eigenvalue weighted by molar-refractivity contribution is 5.87. The second-order valence-corrected chi connectivity index (χ2v) is 11.4. The van der Waals surface area contributed by atoms with Crippen LogP contribution in [-0.2, 0) is 37.6 Å². The summed E-state index contributed by atoms with van der Waals surface area (Å²) >= 11 is 0. The third-order valence-corrected chi connectivity index (χ3v) is 8.97. The summed E-state index contributed by atoms with van der Waals surface area (Å²) in [6, 6.07) is 13.2. The van der Waals surface area contributed by atoms with Gasteiger partial charge in [0.1, 0.15) is 11.9 Å². The number of halogens is 1. The lowest BCUT2D eigenvalue weighted by molar-refractivity contribution is -0.164. The van der Waals surface area contributed by atoms with Crippen LogP contribution in [0, 0.1) is 17.1 Å². The molecule has 39 heavy (non-hydrogen) atoms. The number of piperidine rings is 1. The number of nitrogens with zero attached hydrogens (tertiary/aromatic N) is 3. The summed E-state index contributed by atoms with van der Waals surface area (Å²) < 4.78 is 32.5. The fourth-order valence-corrected chi connectivity index (χ4v) is 6.42.